The molecule has 1 unspecified atom stereocenters. The molecule has 0 aliphatic carbocycles. The highest BCUT2D eigenvalue weighted by atomic mass is 35.5. The summed E-state index contributed by atoms with van der Waals surface area (Å²) in [5.74, 6) is -0.334. The van der Waals surface area contributed by atoms with E-state index in [-0.39, 0.29) is 18.0 Å². The molecule has 1 saturated heterocycles. The maximum atomic E-state index is 14.0. The number of hydrogen-bond donors (Lipinski definition) is 0. The summed E-state index contributed by atoms with van der Waals surface area (Å²) in [5.41, 5.74) is 0.319. The zero-order valence-electron chi connectivity index (χ0n) is 18.5. The first-order chi connectivity index (χ1) is 13.5. The van der Waals surface area contributed by atoms with Crippen LogP contribution in [0.2, 0.25) is 5.02 Å². The second-order valence-corrected chi connectivity index (χ2v) is 9.51. The van der Waals surface area contributed by atoms with E-state index in [9.17, 15) is 9.18 Å². The molecule has 5 nitrogen and oxygen atoms in total. The van der Waals surface area contributed by atoms with Crippen LogP contribution in [0, 0.1) is 5.82 Å². The highest BCUT2D eigenvalue weighted by Gasteiger charge is 2.28. The number of carbonyl (C=O) groups is 1. The van der Waals surface area contributed by atoms with Gasteiger partial charge in [-0.25, -0.2) is 9.18 Å². The standard InChI is InChI=1S/C22H35ClFN3O2/c1-16(2)26-9-11-27(12-10-26)20(17-13-18(23)15-19(24)14-17)7-8-25(6)21(28)29-22(3,4)5/h13-16,20H,7-12H2,1-6H3. The van der Waals surface area contributed by atoms with E-state index in [2.05, 4.69) is 23.6 Å². The largest absolute Gasteiger partial charge is 0.444 e. The lowest BCUT2D eigenvalue weighted by Crippen LogP contribution is -2.50. The van der Waals surface area contributed by atoms with E-state index in [0.717, 1.165) is 31.7 Å². The number of benzene rings is 1. The first-order valence-electron chi connectivity index (χ1n) is 10.3. The number of hydrogen-bond acceptors (Lipinski definition) is 4. The van der Waals surface area contributed by atoms with E-state index in [1.54, 1.807) is 18.0 Å². The highest BCUT2D eigenvalue weighted by Crippen LogP contribution is 2.29. The predicted molar refractivity (Wildman–Crippen MR) is 116 cm³/mol. The van der Waals surface area contributed by atoms with Crippen molar-refractivity contribution in [2.45, 2.75) is 58.7 Å². The molecule has 1 heterocycles. The van der Waals surface area contributed by atoms with Crippen molar-refractivity contribution in [3.05, 3.63) is 34.6 Å². The minimum Gasteiger partial charge on any atom is -0.444 e. The Morgan fingerprint density at radius 3 is 2.28 bits per heavy atom. The summed E-state index contributed by atoms with van der Waals surface area (Å²) in [6.45, 7) is 14.2. The van der Waals surface area contributed by atoms with Crippen molar-refractivity contribution in [2.75, 3.05) is 39.8 Å². The summed E-state index contributed by atoms with van der Waals surface area (Å²) >= 11 is 6.13. The van der Waals surface area contributed by atoms with Gasteiger partial charge < -0.3 is 9.64 Å². The summed E-state index contributed by atoms with van der Waals surface area (Å²) in [4.78, 5) is 18.7. The van der Waals surface area contributed by atoms with E-state index < -0.39 is 5.60 Å². The maximum absolute atomic E-state index is 14.0. The van der Waals surface area contributed by atoms with Crippen LogP contribution in [0.3, 0.4) is 0 Å². The molecular formula is C22H35ClFN3O2. The summed E-state index contributed by atoms with van der Waals surface area (Å²) in [6.07, 6.45) is 0.329. The van der Waals surface area contributed by atoms with Crippen LogP contribution < -0.4 is 0 Å². The van der Waals surface area contributed by atoms with Crippen molar-refractivity contribution in [3.63, 3.8) is 0 Å². The maximum Gasteiger partial charge on any atom is 0.410 e. The SMILES string of the molecule is CC(C)N1CCN(C(CCN(C)C(=O)OC(C)(C)C)c2cc(F)cc(Cl)c2)CC1. The molecule has 1 aliphatic heterocycles. The van der Waals surface area contributed by atoms with Gasteiger partial charge in [0.1, 0.15) is 11.4 Å². The first-order valence-corrected chi connectivity index (χ1v) is 10.7. The van der Waals surface area contributed by atoms with E-state index >= 15 is 0 Å². The van der Waals surface area contributed by atoms with Crippen LogP contribution in [-0.4, -0.2) is 72.2 Å². The number of rotatable bonds is 6. The molecule has 1 aromatic carbocycles. The van der Waals surface area contributed by atoms with E-state index in [1.165, 1.54) is 6.07 Å². The lowest BCUT2D eigenvalue weighted by molar-refractivity contribution is 0.0264. The fraction of sp³-hybridized carbons (Fsp3) is 0.682. The molecule has 0 aromatic heterocycles. The second kappa shape index (κ2) is 10.1. The molecular weight excluding hydrogens is 393 g/mol. The minimum atomic E-state index is -0.534. The molecule has 29 heavy (non-hydrogen) atoms. The van der Waals surface area contributed by atoms with Crippen molar-refractivity contribution in [1.82, 2.24) is 14.7 Å². The van der Waals surface area contributed by atoms with Gasteiger partial charge in [-0.3, -0.25) is 9.80 Å². The Hall–Kier alpha value is -1.37. The van der Waals surface area contributed by atoms with Crippen LogP contribution in [0.5, 0.6) is 0 Å². The Morgan fingerprint density at radius 2 is 1.76 bits per heavy atom. The van der Waals surface area contributed by atoms with Crippen molar-refractivity contribution >= 4 is 17.7 Å². The number of carbonyl (C=O) groups excluding carboxylic acids is 1. The van der Waals surface area contributed by atoms with E-state index in [1.807, 2.05) is 26.8 Å². The molecule has 0 N–H and O–H groups in total. The summed E-state index contributed by atoms with van der Waals surface area (Å²) < 4.78 is 19.5. The average molecular weight is 428 g/mol. The van der Waals surface area contributed by atoms with Crippen LogP contribution in [-0.2, 0) is 4.74 Å². The monoisotopic (exact) mass is 427 g/mol. The molecule has 0 bridgehead atoms. The number of nitrogens with zero attached hydrogens (tertiary/aromatic N) is 3. The minimum absolute atomic E-state index is 0.0117. The van der Waals surface area contributed by atoms with Gasteiger partial charge in [0.25, 0.3) is 0 Å². The molecule has 1 atom stereocenters. The van der Waals surface area contributed by atoms with Gasteiger partial charge in [-0.2, -0.15) is 0 Å². The molecule has 2 rings (SSSR count). The van der Waals surface area contributed by atoms with Crippen LogP contribution in [0.25, 0.3) is 0 Å². The van der Waals surface area contributed by atoms with Crippen molar-refractivity contribution < 1.29 is 13.9 Å². The second-order valence-electron chi connectivity index (χ2n) is 9.07. The van der Waals surface area contributed by atoms with Crippen molar-refractivity contribution in [2.24, 2.45) is 0 Å². The molecule has 164 valence electrons. The van der Waals surface area contributed by atoms with Gasteiger partial charge in [0.15, 0.2) is 0 Å². The molecule has 1 fully saturated rings. The van der Waals surface area contributed by atoms with Gasteiger partial charge in [-0.05, 0) is 64.8 Å². The van der Waals surface area contributed by atoms with Gasteiger partial charge in [-0.1, -0.05) is 11.6 Å². The predicted octanol–water partition coefficient (Wildman–Crippen LogP) is 4.80. The summed E-state index contributed by atoms with van der Waals surface area (Å²) in [7, 11) is 1.74. The molecule has 7 heteroatoms. The van der Waals surface area contributed by atoms with Crippen LogP contribution in [0.4, 0.5) is 9.18 Å². The van der Waals surface area contributed by atoms with Crippen molar-refractivity contribution in [1.29, 1.82) is 0 Å². The Kier molecular flexibility index (Phi) is 8.32. The Morgan fingerprint density at radius 1 is 1.17 bits per heavy atom. The number of amides is 1. The molecule has 0 spiro atoms. The zero-order chi connectivity index (χ0) is 21.8. The molecule has 1 aliphatic rings. The van der Waals surface area contributed by atoms with Gasteiger partial charge >= 0.3 is 6.09 Å². The topological polar surface area (TPSA) is 36.0 Å². The van der Waals surface area contributed by atoms with Gasteiger partial charge in [0.05, 0.1) is 0 Å². The quantitative estimate of drug-likeness (QED) is 0.653. The first kappa shape index (κ1) is 23.9. The van der Waals surface area contributed by atoms with Gasteiger partial charge in [0, 0.05) is 56.9 Å². The number of ether oxygens (including phenoxy) is 1. The van der Waals surface area contributed by atoms with Crippen molar-refractivity contribution in [3.8, 4) is 0 Å². The third kappa shape index (κ3) is 7.43. The Balaban J connectivity index is 2.12. The number of piperazine rings is 1. The smallest absolute Gasteiger partial charge is 0.410 e. The van der Waals surface area contributed by atoms with Crippen LogP contribution >= 0.6 is 11.6 Å². The van der Waals surface area contributed by atoms with E-state index in [4.69, 9.17) is 16.3 Å². The zero-order valence-corrected chi connectivity index (χ0v) is 19.3. The van der Waals surface area contributed by atoms with Crippen LogP contribution in [0.1, 0.15) is 52.6 Å². The molecule has 0 saturated carbocycles. The molecule has 0 radical (unpaired) electrons. The number of halogens is 2. The lowest BCUT2D eigenvalue weighted by Gasteiger charge is -2.41. The average Bonchev–Trinajstić information content (AvgIpc) is 2.59. The molecule has 1 amide bonds. The fourth-order valence-corrected chi connectivity index (χ4v) is 3.87. The van der Waals surface area contributed by atoms with E-state index in [0.29, 0.717) is 24.0 Å². The summed E-state index contributed by atoms with van der Waals surface area (Å²) in [5, 5.41) is 0.395. The fourth-order valence-electron chi connectivity index (χ4n) is 3.64. The summed E-state index contributed by atoms with van der Waals surface area (Å²) in [6, 6.07) is 5.21. The highest BCUT2D eigenvalue weighted by molar-refractivity contribution is 6.30. The van der Waals surface area contributed by atoms with Crippen LogP contribution in [0.15, 0.2) is 18.2 Å². The Bertz CT molecular complexity index is 665. The normalized spacial score (nSPS) is 17.4. The third-order valence-corrected chi connectivity index (χ3v) is 5.45. The molecule has 1 aromatic rings. The third-order valence-electron chi connectivity index (χ3n) is 5.23. The van der Waals surface area contributed by atoms with Gasteiger partial charge in [0.2, 0.25) is 0 Å². The Labute approximate surface area is 179 Å². The van der Waals surface area contributed by atoms with Gasteiger partial charge in [-0.15, -0.1) is 0 Å². The lowest BCUT2D eigenvalue weighted by atomic mass is 10.00.